The van der Waals surface area contributed by atoms with Gasteiger partial charge in [0, 0.05) is 0 Å². The molecule has 2 rings (SSSR count). The predicted molar refractivity (Wildman–Crippen MR) is 98.6 cm³/mol. The highest BCUT2D eigenvalue weighted by molar-refractivity contribution is 5.91. The van der Waals surface area contributed by atoms with Crippen molar-refractivity contribution in [2.24, 2.45) is 0 Å². The summed E-state index contributed by atoms with van der Waals surface area (Å²) in [5.74, 6) is -0.409. The van der Waals surface area contributed by atoms with Crippen LogP contribution < -0.4 is 5.32 Å². The Morgan fingerprint density at radius 3 is 2.04 bits per heavy atom. The highest BCUT2D eigenvalue weighted by Gasteiger charge is 2.13. The van der Waals surface area contributed by atoms with E-state index in [-0.39, 0.29) is 18.6 Å². The fraction of sp³-hybridized carbons (Fsp3) is 0.333. The molecule has 2 aromatic carbocycles. The Morgan fingerprint density at radius 1 is 0.920 bits per heavy atom. The quantitative estimate of drug-likeness (QED) is 0.804. The number of carbonyl (C=O) groups is 2. The van der Waals surface area contributed by atoms with Crippen molar-refractivity contribution >= 4 is 11.9 Å². The maximum Gasteiger partial charge on any atom is 0.338 e. The number of amides is 1. The number of ether oxygens (including phenoxy) is 1. The van der Waals surface area contributed by atoms with E-state index < -0.39 is 5.97 Å². The van der Waals surface area contributed by atoms with Crippen LogP contribution in [-0.2, 0) is 9.53 Å². The molecule has 1 atom stereocenters. The van der Waals surface area contributed by atoms with Gasteiger partial charge in [-0.3, -0.25) is 4.79 Å². The molecule has 0 aromatic heterocycles. The molecular formula is C21H25NO3. The number of carbonyl (C=O) groups excluding carboxylic acids is 2. The van der Waals surface area contributed by atoms with Gasteiger partial charge in [-0.1, -0.05) is 55.8 Å². The summed E-state index contributed by atoms with van der Waals surface area (Å²) in [6.07, 6.45) is 0. The van der Waals surface area contributed by atoms with Crippen molar-refractivity contribution in [2.75, 3.05) is 6.61 Å². The summed E-state index contributed by atoms with van der Waals surface area (Å²) in [4.78, 5) is 24.0. The molecule has 4 heteroatoms. The van der Waals surface area contributed by atoms with Crippen molar-refractivity contribution in [3.05, 3.63) is 70.8 Å². The van der Waals surface area contributed by atoms with E-state index in [0.717, 1.165) is 11.1 Å². The van der Waals surface area contributed by atoms with Gasteiger partial charge in [-0.2, -0.15) is 0 Å². The summed E-state index contributed by atoms with van der Waals surface area (Å²) >= 11 is 0. The van der Waals surface area contributed by atoms with E-state index in [2.05, 4.69) is 19.2 Å². The molecule has 0 saturated carbocycles. The van der Waals surface area contributed by atoms with Crippen molar-refractivity contribution in [1.82, 2.24) is 5.32 Å². The predicted octanol–water partition coefficient (Wildman–Crippen LogP) is 4.15. The van der Waals surface area contributed by atoms with Crippen LogP contribution in [0.4, 0.5) is 0 Å². The summed E-state index contributed by atoms with van der Waals surface area (Å²) in [5.41, 5.74) is 3.78. The van der Waals surface area contributed by atoms with Crippen LogP contribution >= 0.6 is 0 Å². The van der Waals surface area contributed by atoms with Crippen LogP contribution in [0.2, 0.25) is 0 Å². The monoisotopic (exact) mass is 339 g/mol. The normalized spacial score (nSPS) is 11.9. The van der Waals surface area contributed by atoms with E-state index in [1.807, 2.05) is 50.2 Å². The minimum absolute atomic E-state index is 0.142. The fourth-order valence-corrected chi connectivity index (χ4v) is 2.44. The van der Waals surface area contributed by atoms with E-state index in [9.17, 15) is 9.59 Å². The maximum atomic E-state index is 12.0. The summed E-state index contributed by atoms with van der Waals surface area (Å²) in [6.45, 7) is 7.80. The smallest absolute Gasteiger partial charge is 0.338 e. The van der Waals surface area contributed by atoms with E-state index in [1.54, 1.807) is 12.1 Å². The molecule has 0 aliphatic heterocycles. The number of benzene rings is 2. The first-order chi connectivity index (χ1) is 11.9. The number of rotatable bonds is 6. The molecular weight excluding hydrogens is 314 g/mol. The van der Waals surface area contributed by atoms with Gasteiger partial charge >= 0.3 is 5.97 Å². The Kier molecular flexibility index (Phi) is 6.34. The van der Waals surface area contributed by atoms with Gasteiger partial charge in [-0.05, 0) is 43.0 Å². The molecule has 0 fully saturated rings. The lowest BCUT2D eigenvalue weighted by atomic mass is 10.0. The molecule has 1 amide bonds. The average molecular weight is 339 g/mol. The van der Waals surface area contributed by atoms with Crippen molar-refractivity contribution < 1.29 is 14.3 Å². The topological polar surface area (TPSA) is 55.4 Å². The first kappa shape index (κ1) is 18.7. The highest BCUT2D eigenvalue weighted by atomic mass is 16.5. The number of aryl methyl sites for hydroxylation is 1. The second-order valence-electron chi connectivity index (χ2n) is 6.55. The molecule has 0 heterocycles. The van der Waals surface area contributed by atoms with Gasteiger partial charge in [0.2, 0.25) is 0 Å². The molecule has 1 unspecified atom stereocenters. The number of esters is 1. The minimum Gasteiger partial charge on any atom is -0.452 e. The Balaban J connectivity index is 1.84. The van der Waals surface area contributed by atoms with Crippen molar-refractivity contribution in [3.63, 3.8) is 0 Å². The van der Waals surface area contributed by atoms with Gasteiger partial charge in [0.25, 0.3) is 5.91 Å². The zero-order valence-corrected chi connectivity index (χ0v) is 15.2. The molecule has 0 radical (unpaired) electrons. The summed E-state index contributed by atoms with van der Waals surface area (Å²) in [5, 5.41) is 2.83. The van der Waals surface area contributed by atoms with Gasteiger partial charge in [0.05, 0.1) is 11.6 Å². The van der Waals surface area contributed by atoms with E-state index in [4.69, 9.17) is 4.74 Å². The largest absolute Gasteiger partial charge is 0.452 e. The van der Waals surface area contributed by atoms with E-state index in [0.29, 0.717) is 11.5 Å². The third-order valence-electron chi connectivity index (χ3n) is 4.10. The zero-order valence-electron chi connectivity index (χ0n) is 15.2. The second kappa shape index (κ2) is 8.47. The molecule has 1 N–H and O–H groups in total. The van der Waals surface area contributed by atoms with Gasteiger partial charge in [-0.25, -0.2) is 4.79 Å². The number of hydrogen-bond donors (Lipinski definition) is 1. The minimum atomic E-state index is -0.492. The summed E-state index contributed by atoms with van der Waals surface area (Å²) < 4.78 is 5.10. The lowest BCUT2D eigenvalue weighted by Crippen LogP contribution is -2.31. The van der Waals surface area contributed by atoms with Crippen LogP contribution in [0, 0.1) is 6.92 Å². The van der Waals surface area contributed by atoms with E-state index >= 15 is 0 Å². The molecule has 0 aliphatic rings. The van der Waals surface area contributed by atoms with Crippen molar-refractivity contribution in [2.45, 2.75) is 39.7 Å². The highest BCUT2D eigenvalue weighted by Crippen LogP contribution is 2.15. The summed E-state index contributed by atoms with van der Waals surface area (Å²) in [7, 11) is 0. The number of nitrogens with one attached hydrogen (secondary N) is 1. The van der Waals surface area contributed by atoms with Gasteiger partial charge in [0.15, 0.2) is 6.61 Å². The van der Waals surface area contributed by atoms with Gasteiger partial charge < -0.3 is 10.1 Å². The third-order valence-corrected chi connectivity index (χ3v) is 4.10. The van der Waals surface area contributed by atoms with Crippen LogP contribution in [0.15, 0.2) is 48.5 Å². The van der Waals surface area contributed by atoms with Crippen LogP contribution in [0.3, 0.4) is 0 Å². The first-order valence-electron chi connectivity index (χ1n) is 8.50. The second-order valence-corrected chi connectivity index (χ2v) is 6.55. The molecule has 0 aliphatic carbocycles. The van der Waals surface area contributed by atoms with Gasteiger partial charge in [-0.15, -0.1) is 0 Å². The Labute approximate surface area is 149 Å². The molecule has 25 heavy (non-hydrogen) atoms. The lowest BCUT2D eigenvalue weighted by molar-refractivity contribution is -0.124. The van der Waals surface area contributed by atoms with Crippen LogP contribution in [-0.4, -0.2) is 18.5 Å². The molecule has 2 aromatic rings. The molecule has 0 bridgehead atoms. The number of hydrogen-bond acceptors (Lipinski definition) is 3. The maximum absolute atomic E-state index is 12.0. The molecule has 0 spiro atoms. The van der Waals surface area contributed by atoms with Crippen LogP contribution in [0.5, 0.6) is 0 Å². The molecule has 4 nitrogen and oxygen atoms in total. The fourth-order valence-electron chi connectivity index (χ4n) is 2.44. The SMILES string of the molecule is Cc1ccc(C(C)NC(=O)COC(=O)c2ccc(C(C)C)cc2)cc1. The molecule has 132 valence electrons. The standard InChI is InChI=1S/C21H25NO3/c1-14(2)17-9-11-19(12-10-17)21(24)25-13-20(23)22-16(4)18-7-5-15(3)6-8-18/h5-12,14,16H,13H2,1-4H3,(H,22,23). The Hall–Kier alpha value is -2.62. The zero-order chi connectivity index (χ0) is 18.4. The van der Waals surface area contributed by atoms with Gasteiger partial charge in [0.1, 0.15) is 0 Å². The lowest BCUT2D eigenvalue weighted by Gasteiger charge is -2.14. The Morgan fingerprint density at radius 2 is 1.48 bits per heavy atom. The van der Waals surface area contributed by atoms with Crippen molar-refractivity contribution in [3.8, 4) is 0 Å². The van der Waals surface area contributed by atoms with Crippen LogP contribution in [0.25, 0.3) is 0 Å². The Bertz CT molecular complexity index is 718. The van der Waals surface area contributed by atoms with Crippen LogP contribution in [0.1, 0.15) is 59.8 Å². The summed E-state index contributed by atoms with van der Waals surface area (Å²) in [6, 6.07) is 15.1. The molecule has 0 saturated heterocycles. The van der Waals surface area contributed by atoms with E-state index in [1.165, 1.54) is 5.56 Å². The third kappa shape index (κ3) is 5.45. The van der Waals surface area contributed by atoms with Crippen molar-refractivity contribution in [1.29, 1.82) is 0 Å². The average Bonchev–Trinajstić information content (AvgIpc) is 2.60. The first-order valence-corrected chi connectivity index (χ1v) is 8.50.